The average molecular weight is 290 g/mol. The smallest absolute Gasteiger partial charge is 0.0720 e. The second kappa shape index (κ2) is 4.98. The Labute approximate surface area is 129 Å². The largest absolute Gasteiger partial charge is 0.364 e. The summed E-state index contributed by atoms with van der Waals surface area (Å²) < 4.78 is 0. The molecule has 1 aromatic carbocycles. The number of aromatic nitrogens is 3. The molecule has 2 aromatic heterocycles. The van der Waals surface area contributed by atoms with E-state index in [1.165, 1.54) is 27.9 Å². The molecule has 3 heterocycles. The van der Waals surface area contributed by atoms with Crippen molar-refractivity contribution in [1.29, 1.82) is 0 Å². The van der Waals surface area contributed by atoms with Crippen LogP contribution in [0.2, 0.25) is 0 Å². The first-order valence-electron chi connectivity index (χ1n) is 7.58. The molecule has 4 rings (SSSR count). The van der Waals surface area contributed by atoms with Gasteiger partial charge in [0.15, 0.2) is 0 Å². The van der Waals surface area contributed by atoms with Crippen molar-refractivity contribution in [1.82, 2.24) is 15.2 Å². The predicted octanol–water partition coefficient (Wildman–Crippen LogP) is 3.87. The quantitative estimate of drug-likeness (QED) is 0.779. The number of hydrogen-bond donors (Lipinski definition) is 1. The van der Waals surface area contributed by atoms with Gasteiger partial charge in [0.1, 0.15) is 0 Å². The molecule has 110 valence electrons. The molecule has 0 saturated heterocycles. The molecule has 0 amide bonds. The maximum absolute atomic E-state index is 4.22. The van der Waals surface area contributed by atoms with Gasteiger partial charge in [-0.1, -0.05) is 12.1 Å². The molecule has 4 heteroatoms. The monoisotopic (exact) mass is 290 g/mol. The number of aromatic amines is 1. The molecule has 0 radical (unpaired) electrons. The van der Waals surface area contributed by atoms with Gasteiger partial charge in [-0.25, -0.2) is 0 Å². The predicted molar refractivity (Wildman–Crippen MR) is 88.6 cm³/mol. The van der Waals surface area contributed by atoms with E-state index in [2.05, 4.69) is 52.1 Å². The van der Waals surface area contributed by atoms with Crippen LogP contribution in [0.4, 0.5) is 5.69 Å². The van der Waals surface area contributed by atoms with Gasteiger partial charge in [-0.2, -0.15) is 5.10 Å². The Morgan fingerprint density at radius 3 is 2.68 bits per heavy atom. The zero-order chi connectivity index (χ0) is 15.1. The minimum Gasteiger partial charge on any atom is -0.364 e. The third-order valence-electron chi connectivity index (χ3n) is 4.27. The Morgan fingerprint density at radius 1 is 1.09 bits per heavy atom. The fourth-order valence-electron chi connectivity index (χ4n) is 3.10. The number of rotatable bonds is 2. The highest BCUT2D eigenvalue weighted by Gasteiger charge is 2.25. The van der Waals surface area contributed by atoms with Gasteiger partial charge in [0, 0.05) is 41.8 Å². The van der Waals surface area contributed by atoms with E-state index in [4.69, 9.17) is 0 Å². The van der Waals surface area contributed by atoms with Crippen LogP contribution in [0.15, 0.2) is 48.9 Å². The van der Waals surface area contributed by atoms with E-state index >= 15 is 0 Å². The van der Waals surface area contributed by atoms with Crippen LogP contribution >= 0.6 is 0 Å². The van der Waals surface area contributed by atoms with E-state index in [9.17, 15) is 0 Å². The lowest BCUT2D eigenvalue weighted by Crippen LogP contribution is -2.32. The Bertz CT molecular complexity index is 805. The van der Waals surface area contributed by atoms with E-state index in [1.54, 1.807) is 0 Å². The third-order valence-corrected chi connectivity index (χ3v) is 4.27. The molecular weight excluding hydrogens is 272 g/mol. The van der Waals surface area contributed by atoms with E-state index in [0.717, 1.165) is 12.2 Å². The van der Waals surface area contributed by atoms with Crippen LogP contribution in [0.25, 0.3) is 22.4 Å². The number of nitrogens with zero attached hydrogens (tertiary/aromatic N) is 3. The summed E-state index contributed by atoms with van der Waals surface area (Å²) in [4.78, 5) is 6.53. The van der Waals surface area contributed by atoms with Crippen molar-refractivity contribution in [3.05, 3.63) is 54.5 Å². The summed E-state index contributed by atoms with van der Waals surface area (Å²) in [5.74, 6) is 0. The van der Waals surface area contributed by atoms with Crippen molar-refractivity contribution in [3.8, 4) is 22.4 Å². The summed E-state index contributed by atoms with van der Waals surface area (Å²) in [5.41, 5.74) is 7.31. The average Bonchev–Trinajstić information content (AvgIpc) is 3.03. The van der Waals surface area contributed by atoms with Gasteiger partial charge in [-0.3, -0.25) is 10.1 Å². The van der Waals surface area contributed by atoms with Gasteiger partial charge in [-0.05, 0) is 43.2 Å². The zero-order valence-corrected chi connectivity index (χ0v) is 12.7. The maximum Gasteiger partial charge on any atom is 0.0720 e. The molecule has 0 bridgehead atoms. The van der Waals surface area contributed by atoms with Crippen molar-refractivity contribution in [2.75, 3.05) is 4.90 Å². The first-order valence-corrected chi connectivity index (χ1v) is 7.58. The van der Waals surface area contributed by atoms with Crippen LogP contribution in [-0.4, -0.2) is 21.2 Å². The number of benzene rings is 1. The Hall–Kier alpha value is -2.62. The topological polar surface area (TPSA) is 44.8 Å². The SMILES string of the molecule is CC(C)N1Cc2cn[nH]c2-c2ccc(-c3ccncc3)cc21. The summed E-state index contributed by atoms with van der Waals surface area (Å²) >= 11 is 0. The molecule has 1 N–H and O–H groups in total. The van der Waals surface area contributed by atoms with Crippen molar-refractivity contribution in [2.24, 2.45) is 0 Å². The molecule has 0 unspecified atom stereocenters. The van der Waals surface area contributed by atoms with E-state index in [-0.39, 0.29) is 0 Å². The number of pyridine rings is 1. The number of nitrogens with one attached hydrogen (secondary N) is 1. The van der Waals surface area contributed by atoms with Gasteiger partial charge in [-0.15, -0.1) is 0 Å². The van der Waals surface area contributed by atoms with Crippen molar-refractivity contribution < 1.29 is 0 Å². The zero-order valence-electron chi connectivity index (χ0n) is 12.7. The third kappa shape index (κ3) is 1.99. The minimum absolute atomic E-state index is 0.439. The first kappa shape index (κ1) is 13.1. The lowest BCUT2D eigenvalue weighted by molar-refractivity contribution is 0.678. The number of anilines is 1. The normalized spacial score (nSPS) is 13.1. The Balaban J connectivity index is 1.89. The van der Waals surface area contributed by atoms with Gasteiger partial charge < -0.3 is 4.90 Å². The molecular formula is C18H18N4. The number of hydrogen-bond acceptors (Lipinski definition) is 3. The lowest BCUT2D eigenvalue weighted by atomic mass is 9.95. The fraction of sp³-hybridized carbons (Fsp3) is 0.222. The molecule has 1 aliphatic rings. The molecule has 3 aromatic rings. The Kier molecular flexibility index (Phi) is 2.96. The fourth-order valence-corrected chi connectivity index (χ4v) is 3.10. The van der Waals surface area contributed by atoms with Crippen LogP contribution in [0.3, 0.4) is 0 Å². The highest BCUT2D eigenvalue weighted by atomic mass is 15.2. The molecule has 0 aliphatic carbocycles. The van der Waals surface area contributed by atoms with E-state index < -0.39 is 0 Å². The summed E-state index contributed by atoms with van der Waals surface area (Å²) in [6.07, 6.45) is 5.61. The van der Waals surface area contributed by atoms with Crippen LogP contribution in [0.1, 0.15) is 19.4 Å². The molecule has 1 aliphatic heterocycles. The molecule has 0 saturated carbocycles. The first-order chi connectivity index (χ1) is 10.7. The van der Waals surface area contributed by atoms with Gasteiger partial charge in [0.2, 0.25) is 0 Å². The minimum atomic E-state index is 0.439. The van der Waals surface area contributed by atoms with Crippen molar-refractivity contribution in [2.45, 2.75) is 26.4 Å². The van der Waals surface area contributed by atoms with Crippen molar-refractivity contribution in [3.63, 3.8) is 0 Å². The van der Waals surface area contributed by atoms with Gasteiger partial charge >= 0.3 is 0 Å². The summed E-state index contributed by atoms with van der Waals surface area (Å²) in [6, 6.07) is 11.2. The second-order valence-corrected chi connectivity index (χ2v) is 5.96. The summed E-state index contributed by atoms with van der Waals surface area (Å²) in [7, 11) is 0. The van der Waals surface area contributed by atoms with Crippen molar-refractivity contribution >= 4 is 5.69 Å². The number of H-pyrrole nitrogens is 1. The molecule has 0 fully saturated rings. The number of fused-ring (bicyclic) bond motifs is 3. The Morgan fingerprint density at radius 2 is 1.91 bits per heavy atom. The summed E-state index contributed by atoms with van der Waals surface area (Å²) in [5, 5.41) is 7.36. The lowest BCUT2D eigenvalue weighted by Gasteiger charge is -2.34. The van der Waals surface area contributed by atoms with Crippen LogP contribution in [0, 0.1) is 0 Å². The molecule has 4 nitrogen and oxygen atoms in total. The molecule has 0 atom stereocenters. The van der Waals surface area contributed by atoms with E-state index in [1.807, 2.05) is 30.7 Å². The van der Waals surface area contributed by atoms with E-state index in [0.29, 0.717) is 6.04 Å². The molecule has 0 spiro atoms. The molecule has 22 heavy (non-hydrogen) atoms. The highest BCUT2D eigenvalue weighted by Crippen LogP contribution is 2.40. The van der Waals surface area contributed by atoms with Crippen LogP contribution in [0.5, 0.6) is 0 Å². The van der Waals surface area contributed by atoms with Gasteiger partial charge in [0.25, 0.3) is 0 Å². The highest BCUT2D eigenvalue weighted by molar-refractivity contribution is 5.85. The van der Waals surface area contributed by atoms with Crippen LogP contribution < -0.4 is 4.90 Å². The maximum atomic E-state index is 4.22. The summed E-state index contributed by atoms with van der Waals surface area (Å²) in [6.45, 7) is 5.36. The second-order valence-electron chi connectivity index (χ2n) is 5.96. The van der Waals surface area contributed by atoms with Gasteiger partial charge in [0.05, 0.1) is 11.9 Å². The van der Waals surface area contributed by atoms with Crippen LogP contribution in [-0.2, 0) is 6.54 Å². The standard InChI is InChI=1S/C18H18N4/c1-12(2)22-11-15-10-20-21-18(15)16-4-3-14(9-17(16)22)13-5-7-19-8-6-13/h3-10,12H,11H2,1-2H3,(H,20,21).